The van der Waals surface area contributed by atoms with Crippen LogP contribution >= 0.6 is 0 Å². The predicted molar refractivity (Wildman–Crippen MR) is 67.8 cm³/mol. The minimum Gasteiger partial charge on any atom is -0.372 e. The lowest BCUT2D eigenvalue weighted by Crippen LogP contribution is -2.15. The van der Waals surface area contributed by atoms with E-state index < -0.39 is 10.0 Å². The molecule has 18 heavy (non-hydrogen) atoms. The van der Waals surface area contributed by atoms with Crippen molar-refractivity contribution >= 4 is 21.7 Å². The molecule has 0 bridgehead atoms. The maximum absolute atomic E-state index is 12.2. The standard InChI is InChI=1S/C10H13N5O2S/c1-11-10-8(4-3-6-12-10)18(16,17)14-9-5-7-15(2)13-9/h3-7H,1-2H3,(H,11,12)(H,13,14). The number of aryl methyl sites for hydroxylation is 1. The van der Waals surface area contributed by atoms with Crippen LogP contribution in [0.1, 0.15) is 0 Å². The van der Waals surface area contributed by atoms with Gasteiger partial charge in [0.2, 0.25) is 0 Å². The van der Waals surface area contributed by atoms with Crippen molar-refractivity contribution in [1.82, 2.24) is 14.8 Å². The molecule has 0 fully saturated rings. The van der Waals surface area contributed by atoms with Gasteiger partial charge in [-0.2, -0.15) is 5.10 Å². The molecule has 96 valence electrons. The smallest absolute Gasteiger partial charge is 0.266 e. The van der Waals surface area contributed by atoms with Crippen molar-refractivity contribution in [3.63, 3.8) is 0 Å². The summed E-state index contributed by atoms with van der Waals surface area (Å²) in [5.74, 6) is 0.560. The van der Waals surface area contributed by atoms with Crippen LogP contribution in [0.4, 0.5) is 11.6 Å². The van der Waals surface area contributed by atoms with E-state index in [1.165, 1.54) is 16.9 Å². The topological polar surface area (TPSA) is 88.9 Å². The van der Waals surface area contributed by atoms with Crippen molar-refractivity contribution in [2.75, 3.05) is 17.1 Å². The second-order valence-corrected chi connectivity index (χ2v) is 5.23. The second kappa shape index (κ2) is 4.65. The zero-order chi connectivity index (χ0) is 13.2. The first kappa shape index (κ1) is 12.4. The number of nitrogens with one attached hydrogen (secondary N) is 2. The van der Waals surface area contributed by atoms with Gasteiger partial charge in [0.05, 0.1) is 0 Å². The fourth-order valence-corrected chi connectivity index (χ4v) is 2.62. The van der Waals surface area contributed by atoms with Gasteiger partial charge >= 0.3 is 0 Å². The molecule has 2 aromatic heterocycles. The van der Waals surface area contributed by atoms with Crippen molar-refractivity contribution in [1.29, 1.82) is 0 Å². The van der Waals surface area contributed by atoms with E-state index in [0.717, 1.165) is 0 Å². The number of aromatic nitrogens is 3. The highest BCUT2D eigenvalue weighted by atomic mass is 32.2. The van der Waals surface area contributed by atoms with Gasteiger partial charge < -0.3 is 5.32 Å². The Balaban J connectivity index is 2.36. The quantitative estimate of drug-likeness (QED) is 0.849. The van der Waals surface area contributed by atoms with E-state index >= 15 is 0 Å². The molecule has 2 N–H and O–H groups in total. The molecule has 2 heterocycles. The fourth-order valence-electron chi connectivity index (χ4n) is 1.46. The van der Waals surface area contributed by atoms with Gasteiger partial charge in [0.1, 0.15) is 10.7 Å². The molecule has 2 rings (SSSR count). The molecule has 0 aromatic carbocycles. The average Bonchev–Trinajstić information content (AvgIpc) is 2.74. The fraction of sp³-hybridized carbons (Fsp3) is 0.200. The Morgan fingerprint density at radius 1 is 1.33 bits per heavy atom. The molecule has 7 nitrogen and oxygen atoms in total. The minimum absolute atomic E-state index is 0.0816. The van der Waals surface area contributed by atoms with Crippen LogP contribution in [0.5, 0.6) is 0 Å². The van der Waals surface area contributed by atoms with Gasteiger partial charge in [-0.3, -0.25) is 9.40 Å². The SMILES string of the molecule is CNc1ncccc1S(=O)(=O)Nc1ccn(C)n1. The molecule has 0 aliphatic carbocycles. The van der Waals surface area contributed by atoms with Crippen molar-refractivity contribution in [3.05, 3.63) is 30.6 Å². The summed E-state index contributed by atoms with van der Waals surface area (Å²) in [5.41, 5.74) is 0. The molecule has 8 heteroatoms. The maximum Gasteiger partial charge on any atom is 0.266 e. The first-order valence-electron chi connectivity index (χ1n) is 5.18. The summed E-state index contributed by atoms with van der Waals surface area (Å²) in [7, 11) is -0.371. The molecule has 0 spiro atoms. The lowest BCUT2D eigenvalue weighted by Gasteiger charge is -2.09. The van der Waals surface area contributed by atoms with Crippen molar-refractivity contribution in [3.8, 4) is 0 Å². The molecule has 0 aliphatic heterocycles. The third-order valence-electron chi connectivity index (χ3n) is 2.25. The molecule has 0 saturated carbocycles. The summed E-state index contributed by atoms with van der Waals surface area (Å²) >= 11 is 0. The zero-order valence-electron chi connectivity index (χ0n) is 9.95. The minimum atomic E-state index is -3.69. The molecule has 2 aromatic rings. The lowest BCUT2D eigenvalue weighted by molar-refractivity contribution is 0.601. The number of sulfonamides is 1. The van der Waals surface area contributed by atoms with Gasteiger partial charge in [-0.15, -0.1) is 0 Å². The highest BCUT2D eigenvalue weighted by Crippen LogP contribution is 2.20. The van der Waals surface area contributed by atoms with Gasteiger partial charge in [-0.05, 0) is 12.1 Å². The average molecular weight is 267 g/mol. The Morgan fingerprint density at radius 3 is 2.72 bits per heavy atom. The lowest BCUT2D eigenvalue weighted by atomic mass is 10.5. The van der Waals surface area contributed by atoms with E-state index in [0.29, 0.717) is 5.82 Å². The van der Waals surface area contributed by atoms with Gasteiger partial charge in [0, 0.05) is 32.6 Å². The molecule has 0 saturated heterocycles. The van der Waals surface area contributed by atoms with Gasteiger partial charge in [0.15, 0.2) is 5.82 Å². The molecular weight excluding hydrogens is 254 g/mol. The second-order valence-electron chi connectivity index (χ2n) is 3.58. The Morgan fingerprint density at radius 2 is 2.11 bits per heavy atom. The van der Waals surface area contributed by atoms with Crippen LogP contribution in [0.25, 0.3) is 0 Å². The first-order chi connectivity index (χ1) is 8.53. The largest absolute Gasteiger partial charge is 0.372 e. The summed E-state index contributed by atoms with van der Waals surface area (Å²) in [6.45, 7) is 0. The van der Waals surface area contributed by atoms with E-state index in [4.69, 9.17) is 0 Å². The summed E-state index contributed by atoms with van der Waals surface area (Å²) in [6, 6.07) is 4.62. The van der Waals surface area contributed by atoms with E-state index in [9.17, 15) is 8.42 Å². The Bertz CT molecular complexity index is 650. The van der Waals surface area contributed by atoms with E-state index in [1.807, 2.05) is 0 Å². The third kappa shape index (κ3) is 2.43. The van der Waals surface area contributed by atoms with Gasteiger partial charge in [0.25, 0.3) is 10.0 Å². The highest BCUT2D eigenvalue weighted by molar-refractivity contribution is 7.92. The highest BCUT2D eigenvalue weighted by Gasteiger charge is 2.19. The van der Waals surface area contributed by atoms with Crippen LogP contribution in [-0.4, -0.2) is 30.2 Å². The van der Waals surface area contributed by atoms with Crippen molar-refractivity contribution in [2.45, 2.75) is 4.90 Å². The van der Waals surface area contributed by atoms with Crippen LogP contribution in [-0.2, 0) is 17.1 Å². The van der Waals surface area contributed by atoms with E-state index in [1.54, 1.807) is 32.4 Å². The maximum atomic E-state index is 12.2. The van der Waals surface area contributed by atoms with Crippen LogP contribution in [0.2, 0.25) is 0 Å². The van der Waals surface area contributed by atoms with Crippen molar-refractivity contribution in [2.24, 2.45) is 7.05 Å². The Hall–Kier alpha value is -2.09. The van der Waals surface area contributed by atoms with Crippen molar-refractivity contribution < 1.29 is 8.42 Å². The molecular formula is C10H13N5O2S. The van der Waals surface area contributed by atoms with Crippen LogP contribution in [0, 0.1) is 0 Å². The molecule has 0 amide bonds. The van der Waals surface area contributed by atoms with Crippen LogP contribution < -0.4 is 10.0 Å². The third-order valence-corrected chi connectivity index (χ3v) is 3.64. The Kier molecular flexibility index (Phi) is 3.19. The summed E-state index contributed by atoms with van der Waals surface area (Å²) in [5, 5.41) is 6.70. The van der Waals surface area contributed by atoms with E-state index in [-0.39, 0.29) is 10.7 Å². The Labute approximate surface area is 105 Å². The molecule has 0 radical (unpaired) electrons. The zero-order valence-corrected chi connectivity index (χ0v) is 10.8. The molecule has 0 unspecified atom stereocenters. The number of rotatable bonds is 4. The predicted octanol–water partition coefficient (Wildman–Crippen LogP) is 0.658. The van der Waals surface area contributed by atoms with E-state index in [2.05, 4.69) is 20.1 Å². The van der Waals surface area contributed by atoms with Crippen LogP contribution in [0.15, 0.2) is 35.5 Å². The van der Waals surface area contributed by atoms with Gasteiger partial charge in [-0.25, -0.2) is 13.4 Å². The number of hydrogen-bond acceptors (Lipinski definition) is 5. The summed E-state index contributed by atoms with van der Waals surface area (Å²) < 4.78 is 28.2. The normalized spacial score (nSPS) is 11.2. The molecule has 0 aliphatic rings. The monoisotopic (exact) mass is 267 g/mol. The molecule has 0 atom stereocenters. The van der Waals surface area contributed by atoms with Crippen LogP contribution in [0.3, 0.4) is 0 Å². The number of anilines is 2. The summed E-state index contributed by atoms with van der Waals surface area (Å²) in [4.78, 5) is 4.04. The number of nitrogens with zero attached hydrogens (tertiary/aromatic N) is 3. The first-order valence-corrected chi connectivity index (χ1v) is 6.66. The number of pyridine rings is 1. The number of hydrogen-bond donors (Lipinski definition) is 2. The van der Waals surface area contributed by atoms with Gasteiger partial charge in [-0.1, -0.05) is 0 Å². The summed E-state index contributed by atoms with van der Waals surface area (Å²) in [6.07, 6.45) is 3.17.